The molecule has 0 atom stereocenters. The smallest absolute Gasteiger partial charge is 0.159 e. The molecule has 0 unspecified atom stereocenters. The Bertz CT molecular complexity index is 776. The number of aromatic nitrogens is 2. The molecule has 0 saturated carbocycles. The van der Waals surface area contributed by atoms with E-state index in [0.717, 1.165) is 0 Å². The van der Waals surface area contributed by atoms with Crippen molar-refractivity contribution in [3.8, 4) is 17.0 Å². The zero-order valence-corrected chi connectivity index (χ0v) is 10.4. The second kappa shape index (κ2) is 4.48. The van der Waals surface area contributed by atoms with E-state index in [1.807, 2.05) is 0 Å². The maximum Gasteiger partial charge on any atom is 0.159 e. The highest BCUT2D eigenvalue weighted by molar-refractivity contribution is 6.34. The molecule has 0 aliphatic carbocycles. The number of nitrogens with zero attached hydrogens (tertiary/aromatic N) is 2. The molecule has 0 radical (unpaired) electrons. The van der Waals surface area contributed by atoms with Crippen molar-refractivity contribution in [1.82, 2.24) is 10.2 Å². The molecule has 1 N–H and O–H groups in total. The largest absolute Gasteiger partial charge is 0.507 e. The van der Waals surface area contributed by atoms with Crippen molar-refractivity contribution in [2.75, 3.05) is 0 Å². The predicted molar refractivity (Wildman–Crippen MR) is 71.6 cm³/mol. The summed E-state index contributed by atoms with van der Waals surface area (Å²) in [7, 11) is 0. The van der Waals surface area contributed by atoms with Crippen LogP contribution in [0.5, 0.6) is 5.75 Å². The van der Waals surface area contributed by atoms with Gasteiger partial charge in [0, 0.05) is 16.3 Å². The summed E-state index contributed by atoms with van der Waals surface area (Å²) in [6, 6.07) is 10.9. The molecule has 0 bridgehead atoms. The lowest BCUT2D eigenvalue weighted by molar-refractivity contribution is 0.477. The SMILES string of the molecule is Oc1ccccc1-c1nnc(Cl)c2ccc(F)cc12. The Kier molecular flexibility index (Phi) is 2.80. The molecular weight excluding hydrogens is 267 g/mol. The molecule has 0 aliphatic heterocycles. The maximum absolute atomic E-state index is 13.4. The molecular formula is C14H8ClFN2O. The van der Waals surface area contributed by atoms with E-state index in [4.69, 9.17) is 11.6 Å². The highest BCUT2D eigenvalue weighted by atomic mass is 35.5. The van der Waals surface area contributed by atoms with Gasteiger partial charge in [0.25, 0.3) is 0 Å². The highest BCUT2D eigenvalue weighted by Gasteiger charge is 2.13. The molecule has 19 heavy (non-hydrogen) atoms. The second-order valence-corrected chi connectivity index (χ2v) is 4.40. The van der Waals surface area contributed by atoms with Gasteiger partial charge < -0.3 is 5.11 Å². The molecule has 5 heteroatoms. The van der Waals surface area contributed by atoms with Crippen LogP contribution in [0.1, 0.15) is 0 Å². The summed E-state index contributed by atoms with van der Waals surface area (Å²) in [4.78, 5) is 0. The summed E-state index contributed by atoms with van der Waals surface area (Å²) in [6.07, 6.45) is 0. The first-order chi connectivity index (χ1) is 9.16. The number of hydrogen-bond donors (Lipinski definition) is 1. The van der Waals surface area contributed by atoms with E-state index in [-0.39, 0.29) is 10.9 Å². The van der Waals surface area contributed by atoms with E-state index in [0.29, 0.717) is 22.0 Å². The zero-order chi connectivity index (χ0) is 13.4. The summed E-state index contributed by atoms with van der Waals surface area (Å²) in [5.74, 6) is -0.335. The lowest BCUT2D eigenvalue weighted by atomic mass is 10.0. The molecule has 1 aromatic heterocycles. The third-order valence-corrected chi connectivity index (χ3v) is 3.14. The van der Waals surface area contributed by atoms with Gasteiger partial charge in [0.1, 0.15) is 17.3 Å². The van der Waals surface area contributed by atoms with Crippen molar-refractivity contribution in [2.24, 2.45) is 0 Å². The van der Waals surface area contributed by atoms with Crippen molar-refractivity contribution < 1.29 is 9.50 Å². The van der Waals surface area contributed by atoms with E-state index in [1.165, 1.54) is 18.2 Å². The Hall–Kier alpha value is -2.20. The fourth-order valence-corrected chi connectivity index (χ4v) is 2.17. The number of halogens is 2. The molecule has 0 spiro atoms. The Balaban J connectivity index is 2.39. The summed E-state index contributed by atoms with van der Waals surface area (Å²) >= 11 is 5.95. The third-order valence-electron chi connectivity index (χ3n) is 2.86. The van der Waals surface area contributed by atoms with E-state index in [1.54, 1.807) is 24.3 Å². The van der Waals surface area contributed by atoms with Crippen LogP contribution in [0.2, 0.25) is 5.15 Å². The van der Waals surface area contributed by atoms with E-state index < -0.39 is 5.82 Å². The van der Waals surface area contributed by atoms with Crippen LogP contribution < -0.4 is 0 Å². The topological polar surface area (TPSA) is 46.0 Å². The lowest BCUT2D eigenvalue weighted by Gasteiger charge is -2.07. The minimum atomic E-state index is -0.395. The Labute approximate surface area is 113 Å². The fourth-order valence-electron chi connectivity index (χ4n) is 1.97. The Morgan fingerprint density at radius 2 is 1.79 bits per heavy atom. The van der Waals surface area contributed by atoms with Gasteiger partial charge in [-0.3, -0.25) is 0 Å². The molecule has 0 fully saturated rings. The number of hydrogen-bond acceptors (Lipinski definition) is 3. The van der Waals surface area contributed by atoms with Gasteiger partial charge >= 0.3 is 0 Å². The van der Waals surface area contributed by atoms with E-state index >= 15 is 0 Å². The average molecular weight is 275 g/mol. The van der Waals surface area contributed by atoms with Crippen molar-refractivity contribution in [3.05, 3.63) is 53.4 Å². The first-order valence-electron chi connectivity index (χ1n) is 5.56. The first-order valence-corrected chi connectivity index (χ1v) is 5.94. The number of aromatic hydroxyl groups is 1. The number of fused-ring (bicyclic) bond motifs is 1. The van der Waals surface area contributed by atoms with Gasteiger partial charge in [-0.05, 0) is 30.3 Å². The monoisotopic (exact) mass is 274 g/mol. The maximum atomic E-state index is 13.4. The van der Waals surface area contributed by atoms with Crippen LogP contribution in [0.4, 0.5) is 4.39 Å². The summed E-state index contributed by atoms with van der Waals surface area (Å²) < 4.78 is 13.4. The van der Waals surface area contributed by atoms with Crippen molar-refractivity contribution in [3.63, 3.8) is 0 Å². The molecule has 2 aromatic carbocycles. The van der Waals surface area contributed by atoms with Gasteiger partial charge in [0.2, 0.25) is 0 Å². The summed E-state index contributed by atoms with van der Waals surface area (Å²) in [5.41, 5.74) is 0.888. The zero-order valence-electron chi connectivity index (χ0n) is 9.64. The van der Waals surface area contributed by atoms with Crippen LogP contribution in [0, 0.1) is 5.82 Å². The third kappa shape index (κ3) is 2.00. The highest BCUT2D eigenvalue weighted by Crippen LogP contribution is 2.34. The van der Waals surface area contributed by atoms with Crippen molar-refractivity contribution >= 4 is 22.4 Å². The minimum Gasteiger partial charge on any atom is -0.507 e. The average Bonchev–Trinajstić information content (AvgIpc) is 2.40. The Morgan fingerprint density at radius 1 is 1.00 bits per heavy atom. The number of benzene rings is 2. The lowest BCUT2D eigenvalue weighted by Crippen LogP contribution is -1.92. The normalized spacial score (nSPS) is 10.8. The number of phenolic OH excluding ortho intramolecular Hbond substituents is 1. The van der Waals surface area contributed by atoms with Crippen molar-refractivity contribution in [2.45, 2.75) is 0 Å². The molecule has 0 saturated heterocycles. The molecule has 3 nitrogen and oxygen atoms in total. The van der Waals surface area contributed by atoms with Gasteiger partial charge in [0.15, 0.2) is 5.15 Å². The first kappa shape index (κ1) is 11.9. The molecule has 3 rings (SSSR count). The summed E-state index contributed by atoms with van der Waals surface area (Å²) in [5, 5.41) is 19.0. The number of para-hydroxylation sites is 1. The van der Waals surface area contributed by atoms with Crippen molar-refractivity contribution in [1.29, 1.82) is 0 Å². The van der Waals surface area contributed by atoms with E-state index in [9.17, 15) is 9.50 Å². The standard InChI is InChI=1S/C14H8ClFN2O/c15-14-9-6-5-8(16)7-11(9)13(17-18-14)10-3-1-2-4-12(10)19/h1-7,19H. The molecule has 0 amide bonds. The number of rotatable bonds is 1. The van der Waals surface area contributed by atoms with Crippen LogP contribution in [0.25, 0.3) is 22.0 Å². The fraction of sp³-hybridized carbons (Fsp3) is 0. The van der Waals surface area contributed by atoms with Crippen LogP contribution in [0.15, 0.2) is 42.5 Å². The minimum absolute atomic E-state index is 0.0599. The van der Waals surface area contributed by atoms with Crippen LogP contribution in [0.3, 0.4) is 0 Å². The Morgan fingerprint density at radius 3 is 2.58 bits per heavy atom. The van der Waals surface area contributed by atoms with Gasteiger partial charge in [-0.1, -0.05) is 23.7 Å². The quantitative estimate of drug-likeness (QED) is 0.734. The van der Waals surface area contributed by atoms with Gasteiger partial charge in [-0.2, -0.15) is 0 Å². The van der Waals surface area contributed by atoms with Gasteiger partial charge in [-0.25, -0.2) is 4.39 Å². The summed E-state index contributed by atoms with van der Waals surface area (Å²) in [6.45, 7) is 0. The second-order valence-electron chi connectivity index (χ2n) is 4.05. The number of phenols is 1. The van der Waals surface area contributed by atoms with Gasteiger partial charge in [-0.15, -0.1) is 10.2 Å². The van der Waals surface area contributed by atoms with Crippen LogP contribution >= 0.6 is 11.6 Å². The van der Waals surface area contributed by atoms with E-state index in [2.05, 4.69) is 10.2 Å². The molecule has 94 valence electrons. The van der Waals surface area contributed by atoms with Crippen LogP contribution in [-0.4, -0.2) is 15.3 Å². The van der Waals surface area contributed by atoms with Gasteiger partial charge in [0.05, 0.1) is 0 Å². The molecule has 1 heterocycles. The molecule has 3 aromatic rings. The van der Waals surface area contributed by atoms with Crippen LogP contribution in [-0.2, 0) is 0 Å². The molecule has 0 aliphatic rings. The predicted octanol–water partition coefficient (Wildman–Crippen LogP) is 3.79.